The van der Waals surface area contributed by atoms with Crippen LogP contribution in [0.3, 0.4) is 0 Å². The van der Waals surface area contributed by atoms with E-state index < -0.39 is 0 Å². The lowest BCUT2D eigenvalue weighted by molar-refractivity contribution is 0.358. The van der Waals surface area contributed by atoms with E-state index in [1.165, 1.54) is 0 Å². The van der Waals surface area contributed by atoms with E-state index >= 15 is 0 Å². The number of nitrogens with zero attached hydrogens (tertiary/aromatic N) is 3. The predicted octanol–water partition coefficient (Wildman–Crippen LogP) is 3.26. The quantitative estimate of drug-likeness (QED) is 0.801. The van der Waals surface area contributed by atoms with Gasteiger partial charge in [0.1, 0.15) is 11.5 Å². The molecular formula is C19H23N3O2. The number of benzene rings is 2. The topological polar surface area (TPSA) is 68.4 Å². The molecule has 0 amide bonds. The minimum absolute atomic E-state index is 0.231. The van der Waals surface area contributed by atoms with Crippen LogP contribution < -0.4 is 0 Å². The summed E-state index contributed by atoms with van der Waals surface area (Å²) in [5, 5.41) is 19.7. The fraction of sp³-hybridized carbons (Fsp3) is 0.263. The first kappa shape index (κ1) is 17.7. The summed E-state index contributed by atoms with van der Waals surface area (Å²) in [6.45, 7) is 4.69. The fourth-order valence-electron chi connectivity index (χ4n) is 2.23. The van der Waals surface area contributed by atoms with Gasteiger partial charge in [-0.3, -0.25) is 14.9 Å². The Morgan fingerprint density at radius 1 is 0.792 bits per heavy atom. The lowest BCUT2D eigenvalue weighted by Gasteiger charge is -2.13. The van der Waals surface area contributed by atoms with Crippen molar-refractivity contribution in [1.82, 2.24) is 4.90 Å². The number of phenolic OH excluding ortho intramolecular Hbond substituents is 2. The van der Waals surface area contributed by atoms with Gasteiger partial charge in [-0.2, -0.15) is 0 Å². The fourth-order valence-corrected chi connectivity index (χ4v) is 2.23. The summed E-state index contributed by atoms with van der Waals surface area (Å²) in [6, 6.07) is 14.3. The summed E-state index contributed by atoms with van der Waals surface area (Å²) in [5.74, 6) is 0.463. The second-order valence-corrected chi connectivity index (χ2v) is 5.66. The highest BCUT2D eigenvalue weighted by Crippen LogP contribution is 2.17. The van der Waals surface area contributed by atoms with E-state index in [9.17, 15) is 10.2 Å². The van der Waals surface area contributed by atoms with Gasteiger partial charge < -0.3 is 10.2 Å². The molecule has 0 fully saturated rings. The van der Waals surface area contributed by atoms with Crippen LogP contribution in [0.1, 0.15) is 25.0 Å². The molecular weight excluding hydrogens is 302 g/mol. The van der Waals surface area contributed by atoms with Crippen LogP contribution in [0, 0.1) is 0 Å². The first-order valence-electron chi connectivity index (χ1n) is 7.76. The number of hydrogen-bond donors (Lipinski definition) is 2. The number of rotatable bonds is 6. The van der Waals surface area contributed by atoms with Crippen LogP contribution in [0.25, 0.3) is 0 Å². The molecule has 0 saturated heterocycles. The molecule has 24 heavy (non-hydrogen) atoms. The Bertz CT molecular complexity index is 690. The first-order valence-corrected chi connectivity index (χ1v) is 7.76. The minimum Gasteiger partial charge on any atom is -0.507 e. The molecule has 126 valence electrons. The standard InChI is InChI=1S/C19H23N3O2/c1-14(16-8-4-6-10-18(16)23)20-12-22(3)13-21-15(2)17-9-5-7-11-19(17)24/h4-11,23-24H,12-13H2,1-3H3. The minimum atomic E-state index is 0.231. The van der Waals surface area contributed by atoms with E-state index in [1.807, 2.05) is 50.1 Å². The van der Waals surface area contributed by atoms with Crippen molar-refractivity contribution in [2.45, 2.75) is 13.8 Å². The van der Waals surface area contributed by atoms with E-state index in [-0.39, 0.29) is 11.5 Å². The van der Waals surface area contributed by atoms with Crippen LogP contribution in [0.5, 0.6) is 11.5 Å². The smallest absolute Gasteiger partial charge is 0.124 e. The summed E-state index contributed by atoms with van der Waals surface area (Å²) >= 11 is 0. The molecule has 2 N–H and O–H groups in total. The third kappa shape index (κ3) is 4.67. The lowest BCUT2D eigenvalue weighted by atomic mass is 10.1. The Morgan fingerprint density at radius 3 is 1.54 bits per heavy atom. The van der Waals surface area contributed by atoms with Crippen LogP contribution in [0.15, 0.2) is 58.5 Å². The van der Waals surface area contributed by atoms with Gasteiger partial charge in [-0.25, -0.2) is 0 Å². The molecule has 5 heteroatoms. The van der Waals surface area contributed by atoms with Gasteiger partial charge in [0, 0.05) is 22.6 Å². The molecule has 0 radical (unpaired) electrons. The van der Waals surface area contributed by atoms with Crippen LogP contribution in [-0.2, 0) is 0 Å². The van der Waals surface area contributed by atoms with Crippen molar-refractivity contribution < 1.29 is 10.2 Å². The third-order valence-corrected chi connectivity index (χ3v) is 3.69. The van der Waals surface area contributed by atoms with Crippen molar-refractivity contribution in [3.05, 3.63) is 59.7 Å². The molecule has 0 heterocycles. The van der Waals surface area contributed by atoms with Gasteiger partial charge in [-0.1, -0.05) is 24.3 Å². The largest absolute Gasteiger partial charge is 0.507 e. The van der Waals surface area contributed by atoms with Crippen molar-refractivity contribution in [3.63, 3.8) is 0 Å². The molecule has 0 atom stereocenters. The Balaban J connectivity index is 1.97. The highest BCUT2D eigenvalue weighted by Gasteiger charge is 2.05. The van der Waals surface area contributed by atoms with Gasteiger partial charge in [0.15, 0.2) is 0 Å². The maximum absolute atomic E-state index is 9.83. The molecule has 0 aliphatic carbocycles. The Hall–Kier alpha value is -2.66. The molecule has 2 rings (SSSR count). The van der Waals surface area contributed by atoms with Crippen LogP contribution in [0.4, 0.5) is 0 Å². The Kier molecular flexibility index (Phi) is 6.09. The van der Waals surface area contributed by atoms with Crippen molar-refractivity contribution in [2.75, 3.05) is 20.4 Å². The normalized spacial score (nSPS) is 12.7. The number of aromatic hydroxyl groups is 2. The van der Waals surface area contributed by atoms with Crippen molar-refractivity contribution in [2.24, 2.45) is 9.98 Å². The number of hydrogen-bond acceptors (Lipinski definition) is 5. The Labute approximate surface area is 142 Å². The van der Waals surface area contributed by atoms with Gasteiger partial charge in [-0.05, 0) is 45.2 Å². The lowest BCUT2D eigenvalue weighted by Crippen LogP contribution is -2.20. The number of aliphatic imine (C=N–C) groups is 2. The second-order valence-electron chi connectivity index (χ2n) is 5.66. The monoisotopic (exact) mass is 325 g/mol. The number of phenols is 2. The molecule has 0 saturated carbocycles. The van der Waals surface area contributed by atoms with Gasteiger partial charge in [0.05, 0.1) is 13.3 Å². The maximum Gasteiger partial charge on any atom is 0.124 e. The highest BCUT2D eigenvalue weighted by molar-refractivity contribution is 6.01. The van der Waals surface area contributed by atoms with Gasteiger partial charge in [-0.15, -0.1) is 0 Å². The SMILES string of the molecule is CC(=NCN(C)CN=C(C)c1ccccc1O)c1ccccc1O. The molecule has 0 aromatic heterocycles. The Morgan fingerprint density at radius 2 is 1.17 bits per heavy atom. The van der Waals surface area contributed by atoms with Crippen molar-refractivity contribution in [3.8, 4) is 11.5 Å². The van der Waals surface area contributed by atoms with E-state index in [0.29, 0.717) is 13.3 Å². The first-order chi connectivity index (χ1) is 11.5. The molecule has 0 bridgehead atoms. The van der Waals surface area contributed by atoms with Crippen LogP contribution in [0.2, 0.25) is 0 Å². The van der Waals surface area contributed by atoms with E-state index in [0.717, 1.165) is 22.6 Å². The average Bonchev–Trinajstić information content (AvgIpc) is 2.58. The average molecular weight is 325 g/mol. The molecule has 0 unspecified atom stereocenters. The van der Waals surface area contributed by atoms with Crippen molar-refractivity contribution >= 4 is 11.4 Å². The van der Waals surface area contributed by atoms with Crippen LogP contribution in [-0.4, -0.2) is 46.9 Å². The zero-order chi connectivity index (χ0) is 17.5. The van der Waals surface area contributed by atoms with E-state index in [1.54, 1.807) is 24.3 Å². The molecule has 0 aliphatic heterocycles. The molecule has 0 spiro atoms. The summed E-state index contributed by atoms with van der Waals surface area (Å²) in [5.41, 5.74) is 3.03. The summed E-state index contributed by atoms with van der Waals surface area (Å²) in [6.07, 6.45) is 0. The highest BCUT2D eigenvalue weighted by atomic mass is 16.3. The second kappa shape index (κ2) is 8.26. The van der Waals surface area contributed by atoms with Crippen molar-refractivity contribution in [1.29, 1.82) is 0 Å². The maximum atomic E-state index is 9.83. The van der Waals surface area contributed by atoms with Gasteiger partial charge in [0.25, 0.3) is 0 Å². The van der Waals surface area contributed by atoms with Gasteiger partial charge >= 0.3 is 0 Å². The molecule has 2 aromatic rings. The summed E-state index contributed by atoms with van der Waals surface area (Å²) in [4.78, 5) is 10.9. The zero-order valence-corrected chi connectivity index (χ0v) is 14.3. The van der Waals surface area contributed by atoms with E-state index in [4.69, 9.17) is 0 Å². The molecule has 0 aliphatic rings. The van der Waals surface area contributed by atoms with Gasteiger partial charge in [0.2, 0.25) is 0 Å². The molecule has 2 aromatic carbocycles. The molecule has 5 nitrogen and oxygen atoms in total. The third-order valence-electron chi connectivity index (χ3n) is 3.69. The van der Waals surface area contributed by atoms with E-state index in [2.05, 4.69) is 9.98 Å². The summed E-state index contributed by atoms with van der Waals surface area (Å²) in [7, 11) is 1.92. The zero-order valence-electron chi connectivity index (χ0n) is 14.3. The number of para-hydroxylation sites is 2. The predicted molar refractivity (Wildman–Crippen MR) is 98.1 cm³/mol. The van der Waals surface area contributed by atoms with Crippen LogP contribution >= 0.6 is 0 Å². The summed E-state index contributed by atoms with van der Waals surface area (Å²) < 4.78 is 0.